The fourth-order valence-corrected chi connectivity index (χ4v) is 9.01. The maximum Gasteiger partial charge on any atom is 0.303 e. The third-order valence-corrected chi connectivity index (χ3v) is 11.4. The first-order valence-electron chi connectivity index (χ1n) is 14.2. The highest BCUT2D eigenvalue weighted by Gasteiger charge is 2.76. The Kier molecular flexibility index (Phi) is 7.66. The number of aromatic hydroxyl groups is 1. The molecule has 1 saturated carbocycles. The number of imide groups is 2. The van der Waals surface area contributed by atoms with E-state index in [9.17, 15) is 29.1 Å². The van der Waals surface area contributed by atoms with E-state index in [1.54, 1.807) is 12.1 Å². The number of rotatable bonds is 8. The lowest BCUT2D eigenvalue weighted by atomic mass is 9.56. The Morgan fingerprint density at radius 3 is 2.53 bits per heavy atom. The predicted octanol–water partition coefficient (Wildman–Crippen LogP) is 4.10. The van der Waals surface area contributed by atoms with Crippen LogP contribution in [0.5, 0.6) is 11.5 Å². The Balaban J connectivity index is 1.37. The highest BCUT2D eigenvalue weighted by molar-refractivity contribution is 9.09. The molecule has 1 aromatic carbocycles. The fourth-order valence-electron chi connectivity index (χ4n) is 7.57. The van der Waals surface area contributed by atoms with Crippen LogP contribution in [-0.4, -0.2) is 71.4 Å². The molecule has 2 aliphatic carbocycles. The van der Waals surface area contributed by atoms with Crippen molar-refractivity contribution in [2.24, 2.45) is 23.7 Å². The Labute approximate surface area is 265 Å². The van der Waals surface area contributed by atoms with Crippen molar-refractivity contribution < 1.29 is 38.9 Å². The number of hydrogen-bond donors (Lipinski definition) is 2. The second-order valence-electron chi connectivity index (χ2n) is 11.8. The number of amides is 4. The molecule has 43 heavy (non-hydrogen) atoms. The second kappa shape index (κ2) is 10.9. The van der Waals surface area contributed by atoms with Crippen molar-refractivity contribution >= 4 is 68.7 Å². The molecule has 10 nitrogen and oxygen atoms in total. The van der Waals surface area contributed by atoms with Crippen LogP contribution in [0.1, 0.15) is 44.1 Å². The number of fused-ring (bicyclic) bond motifs is 5. The van der Waals surface area contributed by atoms with Gasteiger partial charge >= 0.3 is 5.97 Å². The van der Waals surface area contributed by atoms with Gasteiger partial charge in [0.05, 0.1) is 23.6 Å². The van der Waals surface area contributed by atoms with Crippen LogP contribution in [0.3, 0.4) is 0 Å². The summed E-state index contributed by atoms with van der Waals surface area (Å²) >= 11 is 17.7. The molecule has 2 N–H and O–H groups in total. The predicted molar refractivity (Wildman–Crippen MR) is 157 cm³/mol. The van der Waals surface area contributed by atoms with Gasteiger partial charge in [-0.2, -0.15) is 0 Å². The lowest BCUT2D eigenvalue weighted by molar-refractivity contribution is -0.141. The maximum atomic E-state index is 13.9. The lowest BCUT2D eigenvalue weighted by Crippen LogP contribution is -2.61. The van der Waals surface area contributed by atoms with Crippen molar-refractivity contribution in [1.29, 1.82) is 0 Å². The van der Waals surface area contributed by atoms with Crippen LogP contribution in [0, 0.1) is 23.7 Å². The molecule has 5 aliphatic rings. The van der Waals surface area contributed by atoms with Gasteiger partial charge in [-0.15, -0.1) is 23.2 Å². The SMILES string of the molecule is O=C(O)CCCCCN1C(=O)[C@H]2[C@H](CC=C3[C@H](C4=COc5ccc(O)cc5C4)[C@]4(Cl)C(=O)N(CBr)C(=O)[C@]4(Cl)C[C@H]32)C1=O. The summed E-state index contributed by atoms with van der Waals surface area (Å²) in [5.74, 6) is -5.30. The number of allylic oxidation sites excluding steroid dienone is 3. The zero-order valence-corrected chi connectivity index (χ0v) is 26.0. The number of benzene rings is 1. The van der Waals surface area contributed by atoms with E-state index in [1.807, 2.05) is 6.08 Å². The van der Waals surface area contributed by atoms with Crippen LogP contribution in [0.4, 0.5) is 0 Å². The van der Waals surface area contributed by atoms with E-state index in [2.05, 4.69) is 15.9 Å². The maximum absolute atomic E-state index is 13.9. The molecule has 4 amide bonds. The first kappa shape index (κ1) is 30.1. The summed E-state index contributed by atoms with van der Waals surface area (Å²) in [4.78, 5) is 64.2. The van der Waals surface area contributed by atoms with E-state index >= 15 is 0 Å². The number of nitrogens with zero attached hydrogens (tertiary/aromatic N) is 2. The summed E-state index contributed by atoms with van der Waals surface area (Å²) in [6.07, 6.45) is 5.26. The standard InChI is InChI=1S/C30H29BrCl2N2O8/c31-14-35-27(41)29(32)12-20-18(6-7-19-23(20)26(40)34(25(19)39)9-3-1-2-4-22(37)38)24(30(29,33)28(35)42)16-10-15-11-17(36)5-8-21(15)43-13-16/h5-6,8,11,13,19-20,23-24,36H,1-4,7,9-10,12,14H2,(H,37,38)/t19-,20+,23-,24-,29+,30-/m0/s1. The lowest BCUT2D eigenvalue weighted by Gasteiger charge is -2.51. The van der Waals surface area contributed by atoms with Gasteiger partial charge in [0.15, 0.2) is 9.75 Å². The molecule has 6 rings (SSSR count). The largest absolute Gasteiger partial charge is 0.508 e. The van der Waals surface area contributed by atoms with Crippen molar-refractivity contribution in [2.45, 2.75) is 54.7 Å². The summed E-state index contributed by atoms with van der Waals surface area (Å²) in [6.45, 7) is 0.176. The average molecular weight is 696 g/mol. The van der Waals surface area contributed by atoms with E-state index < -0.39 is 51.2 Å². The molecule has 13 heteroatoms. The topological polar surface area (TPSA) is 142 Å². The quantitative estimate of drug-likeness (QED) is 0.136. The number of halogens is 3. The van der Waals surface area contributed by atoms with Crippen molar-refractivity contribution in [2.75, 3.05) is 12.0 Å². The van der Waals surface area contributed by atoms with E-state index in [0.29, 0.717) is 41.7 Å². The van der Waals surface area contributed by atoms with E-state index in [-0.39, 0.29) is 55.2 Å². The van der Waals surface area contributed by atoms with Crippen LogP contribution in [0.2, 0.25) is 0 Å². The average Bonchev–Trinajstić information content (AvgIpc) is 3.29. The van der Waals surface area contributed by atoms with Crippen LogP contribution >= 0.6 is 39.1 Å². The zero-order chi connectivity index (χ0) is 30.8. The molecule has 0 unspecified atom stereocenters. The van der Waals surface area contributed by atoms with Gasteiger partial charge in [-0.1, -0.05) is 34.0 Å². The van der Waals surface area contributed by atoms with Crippen molar-refractivity contribution in [3.05, 3.63) is 47.2 Å². The van der Waals surface area contributed by atoms with E-state index in [1.165, 1.54) is 17.2 Å². The van der Waals surface area contributed by atoms with Crippen LogP contribution < -0.4 is 4.74 Å². The minimum Gasteiger partial charge on any atom is -0.508 e. The molecule has 3 fully saturated rings. The van der Waals surface area contributed by atoms with Crippen molar-refractivity contribution in [3.8, 4) is 11.5 Å². The monoisotopic (exact) mass is 694 g/mol. The molecular formula is C30H29BrCl2N2O8. The number of phenolic OH excluding ortho intramolecular Hbond substituents is 1. The summed E-state index contributed by atoms with van der Waals surface area (Å²) in [5.41, 5.74) is 1.78. The van der Waals surface area contributed by atoms with Gasteiger partial charge < -0.3 is 14.9 Å². The van der Waals surface area contributed by atoms with Gasteiger partial charge in [0, 0.05) is 30.9 Å². The third-order valence-electron chi connectivity index (χ3n) is 9.53. The molecule has 0 aromatic heterocycles. The first-order valence-corrected chi connectivity index (χ1v) is 16.1. The zero-order valence-electron chi connectivity index (χ0n) is 22.9. The van der Waals surface area contributed by atoms with Gasteiger partial charge in [-0.25, -0.2) is 0 Å². The fraction of sp³-hybridized carbons (Fsp3) is 0.500. The summed E-state index contributed by atoms with van der Waals surface area (Å²) < 4.78 is 5.90. The van der Waals surface area contributed by atoms with Gasteiger partial charge in [0.2, 0.25) is 11.8 Å². The van der Waals surface area contributed by atoms with Gasteiger partial charge in [0.25, 0.3) is 11.8 Å². The number of hydrogen-bond acceptors (Lipinski definition) is 7. The number of carbonyl (C=O) groups excluding carboxylic acids is 4. The number of alkyl halides is 3. The van der Waals surface area contributed by atoms with Crippen LogP contribution in [0.15, 0.2) is 41.7 Å². The number of aliphatic carboxylic acids is 1. The van der Waals surface area contributed by atoms with Crippen molar-refractivity contribution in [3.63, 3.8) is 0 Å². The van der Waals surface area contributed by atoms with Crippen LogP contribution in [0.25, 0.3) is 0 Å². The Morgan fingerprint density at radius 1 is 1.05 bits per heavy atom. The number of carboxylic acids is 1. The molecule has 3 aliphatic heterocycles. The number of ether oxygens (including phenoxy) is 1. The molecule has 228 valence electrons. The van der Waals surface area contributed by atoms with Gasteiger partial charge in [-0.05, 0) is 55.4 Å². The summed E-state index contributed by atoms with van der Waals surface area (Å²) in [6, 6.07) is 4.69. The highest BCUT2D eigenvalue weighted by atomic mass is 79.9. The Hall–Kier alpha value is -2.89. The third kappa shape index (κ3) is 4.44. The smallest absolute Gasteiger partial charge is 0.303 e. The number of carbonyl (C=O) groups is 5. The normalized spacial score (nSPS) is 32.9. The molecule has 6 atom stereocenters. The summed E-state index contributed by atoms with van der Waals surface area (Å²) in [5, 5.41) is 19.0. The Morgan fingerprint density at radius 2 is 1.81 bits per heavy atom. The first-order chi connectivity index (χ1) is 20.4. The van der Waals surface area contributed by atoms with Crippen LogP contribution in [-0.2, 0) is 30.4 Å². The molecule has 1 aromatic rings. The Bertz CT molecular complexity index is 1510. The molecule has 0 spiro atoms. The molecule has 0 radical (unpaired) electrons. The van der Waals surface area contributed by atoms with E-state index in [0.717, 1.165) is 4.90 Å². The molecular weight excluding hydrogens is 667 g/mol. The second-order valence-corrected chi connectivity index (χ2v) is 13.5. The van der Waals surface area contributed by atoms with Gasteiger partial charge in [0.1, 0.15) is 11.5 Å². The number of carboxylic acid groups (broad SMARTS) is 1. The summed E-state index contributed by atoms with van der Waals surface area (Å²) in [7, 11) is 0. The number of unbranched alkanes of at least 4 members (excludes halogenated alkanes) is 2. The minimum absolute atomic E-state index is 0.0175. The van der Waals surface area contributed by atoms with Gasteiger partial charge in [-0.3, -0.25) is 33.8 Å². The number of likely N-dealkylation sites (tertiary alicyclic amines) is 2. The van der Waals surface area contributed by atoms with E-state index in [4.69, 9.17) is 33.0 Å². The highest BCUT2D eigenvalue weighted by Crippen LogP contribution is 2.64. The molecule has 3 heterocycles. The molecule has 2 saturated heterocycles. The molecule has 0 bridgehead atoms. The number of phenols is 1. The van der Waals surface area contributed by atoms with Crippen molar-refractivity contribution in [1.82, 2.24) is 9.80 Å². The minimum atomic E-state index is -1.92.